The fourth-order valence-electron chi connectivity index (χ4n) is 3.25. The summed E-state index contributed by atoms with van der Waals surface area (Å²) in [5.74, 6) is -0.0232. The maximum absolute atomic E-state index is 12.7. The second-order valence-electron chi connectivity index (χ2n) is 6.98. The standard InChI is InChI=1S/C20H26N4O3S2/c1-2-18(28-16-7-4-3-5-8-16)19(25)23-15-9-11-17(12-10-15)29(26,27)24-20-21-13-6-14-22-20/h6,9-14,16,18H,2-5,7-8H2,1H3,(H,23,25)(H,21,22,24). The molecule has 1 fully saturated rings. The SMILES string of the molecule is CCC(SC1CCCCC1)C(=O)Nc1ccc(S(=O)(=O)Nc2ncccn2)cc1. The first-order valence-corrected chi connectivity index (χ1v) is 12.3. The number of thioether (sulfide) groups is 1. The average molecular weight is 435 g/mol. The van der Waals surface area contributed by atoms with Gasteiger partial charge in [0.05, 0.1) is 10.1 Å². The van der Waals surface area contributed by atoms with Crippen LogP contribution in [0.5, 0.6) is 0 Å². The highest BCUT2D eigenvalue weighted by Crippen LogP contribution is 2.32. The highest BCUT2D eigenvalue weighted by atomic mass is 32.2. The summed E-state index contributed by atoms with van der Waals surface area (Å²) in [6, 6.07) is 7.70. The maximum Gasteiger partial charge on any atom is 0.264 e. The van der Waals surface area contributed by atoms with Crippen LogP contribution in [-0.4, -0.2) is 34.8 Å². The van der Waals surface area contributed by atoms with Crippen LogP contribution in [0.1, 0.15) is 45.4 Å². The van der Waals surface area contributed by atoms with Crippen LogP contribution in [0, 0.1) is 0 Å². The predicted octanol–water partition coefficient (Wildman–Crippen LogP) is 4.06. The Balaban J connectivity index is 1.61. The molecule has 9 heteroatoms. The number of hydrogen-bond donors (Lipinski definition) is 2. The summed E-state index contributed by atoms with van der Waals surface area (Å²) in [6.45, 7) is 2.02. The van der Waals surface area contributed by atoms with E-state index in [2.05, 4.69) is 20.0 Å². The van der Waals surface area contributed by atoms with Crippen LogP contribution in [0.2, 0.25) is 0 Å². The van der Waals surface area contributed by atoms with Gasteiger partial charge in [-0.1, -0.05) is 26.2 Å². The molecule has 156 valence electrons. The third-order valence-electron chi connectivity index (χ3n) is 4.80. The van der Waals surface area contributed by atoms with Gasteiger partial charge in [0, 0.05) is 23.3 Å². The molecular formula is C20H26N4O3S2. The van der Waals surface area contributed by atoms with Crippen LogP contribution in [0.15, 0.2) is 47.6 Å². The molecule has 0 radical (unpaired) electrons. The zero-order valence-electron chi connectivity index (χ0n) is 16.4. The maximum atomic E-state index is 12.7. The van der Waals surface area contributed by atoms with E-state index in [1.165, 1.54) is 56.6 Å². The van der Waals surface area contributed by atoms with E-state index < -0.39 is 10.0 Å². The number of hydrogen-bond acceptors (Lipinski definition) is 6. The fraction of sp³-hybridized carbons (Fsp3) is 0.450. The van der Waals surface area contributed by atoms with Crippen molar-refractivity contribution in [1.82, 2.24) is 9.97 Å². The van der Waals surface area contributed by atoms with Crippen LogP contribution < -0.4 is 10.0 Å². The van der Waals surface area contributed by atoms with Crippen molar-refractivity contribution in [2.24, 2.45) is 0 Å². The first-order valence-electron chi connectivity index (χ1n) is 9.84. The van der Waals surface area contributed by atoms with Gasteiger partial charge < -0.3 is 5.32 Å². The van der Waals surface area contributed by atoms with Gasteiger partial charge in [0.2, 0.25) is 11.9 Å². The van der Waals surface area contributed by atoms with E-state index in [0.717, 1.165) is 6.42 Å². The molecule has 0 spiro atoms. The first-order chi connectivity index (χ1) is 14.0. The Hall–Kier alpha value is -2.13. The van der Waals surface area contributed by atoms with E-state index in [1.807, 2.05) is 6.92 Å². The largest absolute Gasteiger partial charge is 0.325 e. The molecule has 1 heterocycles. The van der Waals surface area contributed by atoms with Crippen molar-refractivity contribution >= 4 is 39.3 Å². The van der Waals surface area contributed by atoms with Crippen LogP contribution >= 0.6 is 11.8 Å². The molecule has 0 aliphatic heterocycles. The van der Waals surface area contributed by atoms with Gasteiger partial charge in [-0.25, -0.2) is 23.1 Å². The Bertz CT molecular complexity index is 899. The number of rotatable bonds is 8. The molecule has 2 aromatic rings. The van der Waals surface area contributed by atoms with Crippen molar-refractivity contribution in [2.75, 3.05) is 10.0 Å². The molecule has 7 nitrogen and oxygen atoms in total. The van der Waals surface area contributed by atoms with E-state index in [0.29, 0.717) is 10.9 Å². The molecule has 1 saturated carbocycles. The second kappa shape index (κ2) is 10.1. The van der Waals surface area contributed by atoms with Crippen LogP contribution in [-0.2, 0) is 14.8 Å². The van der Waals surface area contributed by atoms with E-state index >= 15 is 0 Å². The number of carbonyl (C=O) groups excluding carboxylic acids is 1. The van der Waals surface area contributed by atoms with Crippen molar-refractivity contribution in [2.45, 2.75) is 60.8 Å². The fourth-order valence-corrected chi connectivity index (χ4v) is 5.65. The predicted molar refractivity (Wildman–Crippen MR) is 116 cm³/mol. The van der Waals surface area contributed by atoms with E-state index in [1.54, 1.807) is 30.0 Å². The highest BCUT2D eigenvalue weighted by molar-refractivity contribution is 8.01. The second-order valence-corrected chi connectivity index (χ2v) is 10.2. The van der Waals surface area contributed by atoms with E-state index in [-0.39, 0.29) is 22.0 Å². The summed E-state index contributed by atoms with van der Waals surface area (Å²) in [5, 5.41) is 3.37. The minimum Gasteiger partial charge on any atom is -0.325 e. The molecule has 1 aromatic heterocycles. The number of aromatic nitrogens is 2. The molecule has 1 aliphatic rings. The lowest BCUT2D eigenvalue weighted by atomic mass is 10.0. The molecule has 1 unspecified atom stereocenters. The Labute approximate surface area is 176 Å². The summed E-state index contributed by atoms with van der Waals surface area (Å²) in [5.41, 5.74) is 0.576. The van der Waals surface area contributed by atoms with E-state index in [4.69, 9.17) is 0 Å². The molecule has 29 heavy (non-hydrogen) atoms. The lowest BCUT2D eigenvalue weighted by molar-refractivity contribution is -0.115. The highest BCUT2D eigenvalue weighted by Gasteiger charge is 2.24. The number of sulfonamides is 1. The zero-order valence-corrected chi connectivity index (χ0v) is 18.0. The van der Waals surface area contributed by atoms with Gasteiger partial charge in [0.1, 0.15) is 0 Å². The summed E-state index contributed by atoms with van der Waals surface area (Å²) in [4.78, 5) is 20.5. The summed E-state index contributed by atoms with van der Waals surface area (Å²) < 4.78 is 27.2. The Morgan fingerprint density at radius 3 is 2.41 bits per heavy atom. The van der Waals surface area contributed by atoms with Crippen LogP contribution in [0.3, 0.4) is 0 Å². The molecule has 0 bridgehead atoms. The Kier molecular flexibility index (Phi) is 7.49. The molecule has 2 N–H and O–H groups in total. The number of benzene rings is 1. The van der Waals surface area contributed by atoms with Gasteiger partial charge in [0.15, 0.2) is 0 Å². The molecule has 0 saturated heterocycles. The number of nitrogens with one attached hydrogen (secondary N) is 2. The van der Waals surface area contributed by atoms with E-state index in [9.17, 15) is 13.2 Å². The minimum atomic E-state index is -3.79. The molecule has 1 amide bonds. The van der Waals surface area contributed by atoms with Crippen molar-refractivity contribution in [3.63, 3.8) is 0 Å². The van der Waals surface area contributed by atoms with Crippen molar-refractivity contribution in [3.8, 4) is 0 Å². The molecular weight excluding hydrogens is 408 g/mol. The number of amides is 1. The average Bonchev–Trinajstić information content (AvgIpc) is 2.73. The topological polar surface area (TPSA) is 101 Å². The molecule has 1 aromatic carbocycles. The van der Waals surface area contributed by atoms with Crippen LogP contribution in [0.4, 0.5) is 11.6 Å². The summed E-state index contributed by atoms with van der Waals surface area (Å²) in [7, 11) is -3.79. The monoisotopic (exact) mass is 434 g/mol. The van der Waals surface area contributed by atoms with Crippen molar-refractivity contribution < 1.29 is 13.2 Å². The minimum absolute atomic E-state index is 0.00963. The molecule has 1 aliphatic carbocycles. The van der Waals surface area contributed by atoms with Gasteiger partial charge in [0.25, 0.3) is 10.0 Å². The van der Waals surface area contributed by atoms with Gasteiger partial charge in [-0.15, -0.1) is 11.8 Å². The molecule has 1 atom stereocenters. The summed E-state index contributed by atoms with van der Waals surface area (Å²) in [6.07, 6.45) is 9.82. The first kappa shape index (κ1) is 21.6. The van der Waals surface area contributed by atoms with Gasteiger partial charge >= 0.3 is 0 Å². The van der Waals surface area contributed by atoms with Crippen LogP contribution in [0.25, 0.3) is 0 Å². The Morgan fingerprint density at radius 1 is 1.14 bits per heavy atom. The van der Waals surface area contributed by atoms with Crippen molar-refractivity contribution in [3.05, 3.63) is 42.7 Å². The normalized spacial score (nSPS) is 16.2. The van der Waals surface area contributed by atoms with Gasteiger partial charge in [-0.05, 0) is 49.6 Å². The number of carbonyl (C=O) groups is 1. The van der Waals surface area contributed by atoms with Gasteiger partial charge in [-0.3, -0.25) is 4.79 Å². The van der Waals surface area contributed by atoms with Gasteiger partial charge in [-0.2, -0.15) is 0 Å². The lowest BCUT2D eigenvalue weighted by Crippen LogP contribution is -2.27. The third-order valence-corrected chi connectivity index (χ3v) is 7.87. The smallest absolute Gasteiger partial charge is 0.264 e. The Morgan fingerprint density at radius 2 is 1.79 bits per heavy atom. The third kappa shape index (κ3) is 6.17. The number of anilines is 2. The van der Waals surface area contributed by atoms with Crippen molar-refractivity contribution in [1.29, 1.82) is 0 Å². The number of nitrogens with zero attached hydrogens (tertiary/aromatic N) is 2. The quantitative estimate of drug-likeness (QED) is 0.650. The molecule has 3 rings (SSSR count). The lowest BCUT2D eigenvalue weighted by Gasteiger charge is -2.25. The zero-order chi connectivity index (χ0) is 20.7. The summed E-state index contributed by atoms with van der Waals surface area (Å²) >= 11 is 1.77.